The zero-order valence-electron chi connectivity index (χ0n) is 14.4. The maximum atomic E-state index is 12.6. The van der Waals surface area contributed by atoms with Crippen LogP contribution >= 0.6 is 0 Å². The molecular formula is C18H21N5O2. The lowest BCUT2D eigenvalue weighted by Crippen LogP contribution is -2.27. The Morgan fingerprint density at radius 3 is 2.84 bits per heavy atom. The quantitative estimate of drug-likeness (QED) is 0.766. The first-order valence-electron chi connectivity index (χ1n) is 8.54. The summed E-state index contributed by atoms with van der Waals surface area (Å²) < 4.78 is 7.34. The molecule has 0 spiro atoms. The number of anilines is 1. The summed E-state index contributed by atoms with van der Waals surface area (Å²) in [5, 5.41) is 11.6. The lowest BCUT2D eigenvalue weighted by Gasteiger charge is -2.19. The molecule has 3 heterocycles. The fourth-order valence-corrected chi connectivity index (χ4v) is 3.32. The number of fused-ring (bicyclic) bond motifs is 1. The van der Waals surface area contributed by atoms with Crippen LogP contribution in [0.2, 0.25) is 0 Å². The number of aryl methyl sites for hydroxylation is 2. The Labute approximate surface area is 145 Å². The summed E-state index contributed by atoms with van der Waals surface area (Å²) in [7, 11) is 1.79. The number of aromatic nitrogens is 3. The highest BCUT2D eigenvalue weighted by Crippen LogP contribution is 2.26. The molecule has 130 valence electrons. The number of nitrogens with one attached hydrogen (secondary N) is 2. The van der Waals surface area contributed by atoms with Crippen LogP contribution in [0.3, 0.4) is 0 Å². The van der Waals surface area contributed by atoms with Gasteiger partial charge in [0.1, 0.15) is 5.58 Å². The molecule has 0 unspecified atom stereocenters. The normalized spacial score (nSPS) is 15.6. The van der Waals surface area contributed by atoms with Crippen molar-refractivity contribution in [2.24, 2.45) is 7.05 Å². The van der Waals surface area contributed by atoms with E-state index in [1.165, 1.54) is 0 Å². The van der Waals surface area contributed by atoms with Crippen molar-refractivity contribution >= 4 is 22.8 Å². The van der Waals surface area contributed by atoms with E-state index in [0.29, 0.717) is 23.2 Å². The Hall–Kier alpha value is -2.67. The first-order valence-corrected chi connectivity index (χ1v) is 8.54. The highest BCUT2D eigenvalue weighted by molar-refractivity contribution is 6.05. The van der Waals surface area contributed by atoms with Crippen LogP contribution < -0.4 is 10.6 Å². The third-order valence-electron chi connectivity index (χ3n) is 4.76. The number of benzene rings is 1. The summed E-state index contributed by atoms with van der Waals surface area (Å²) >= 11 is 0. The average Bonchev–Trinajstić information content (AvgIpc) is 3.17. The first-order chi connectivity index (χ1) is 12.1. The predicted octanol–water partition coefficient (Wildman–Crippen LogP) is 2.59. The smallest absolute Gasteiger partial charge is 0.294 e. The van der Waals surface area contributed by atoms with Crippen LogP contribution in [0.15, 0.2) is 28.7 Å². The third kappa shape index (κ3) is 2.91. The number of carbonyl (C=O) groups is 1. The van der Waals surface area contributed by atoms with Crippen LogP contribution in [0.25, 0.3) is 11.0 Å². The molecule has 2 aromatic heterocycles. The molecule has 7 nitrogen and oxygen atoms in total. The second-order valence-electron chi connectivity index (χ2n) is 6.45. The standard InChI is InChI=1S/C18H21N5O2/c1-11-13-5-3-4-6-14(13)25-15(11)17(24)21-18-20-16(22-23(18)2)12-7-9-19-10-8-12/h3-6,12,19H,7-10H2,1-2H3,(H,20,21,22,24). The van der Waals surface area contributed by atoms with E-state index >= 15 is 0 Å². The van der Waals surface area contributed by atoms with Gasteiger partial charge in [0, 0.05) is 23.9 Å². The largest absolute Gasteiger partial charge is 0.451 e. The van der Waals surface area contributed by atoms with Crippen molar-refractivity contribution in [1.82, 2.24) is 20.1 Å². The first kappa shape index (κ1) is 15.8. The Balaban J connectivity index is 1.58. The van der Waals surface area contributed by atoms with Gasteiger partial charge in [-0.3, -0.25) is 10.1 Å². The maximum Gasteiger partial charge on any atom is 0.294 e. The van der Waals surface area contributed by atoms with Gasteiger partial charge >= 0.3 is 0 Å². The van der Waals surface area contributed by atoms with Crippen molar-refractivity contribution in [2.75, 3.05) is 18.4 Å². The van der Waals surface area contributed by atoms with Gasteiger partial charge in [-0.1, -0.05) is 18.2 Å². The van der Waals surface area contributed by atoms with Crippen molar-refractivity contribution in [1.29, 1.82) is 0 Å². The minimum Gasteiger partial charge on any atom is -0.451 e. The number of nitrogens with zero attached hydrogens (tertiary/aromatic N) is 3. The molecule has 1 fully saturated rings. The average molecular weight is 339 g/mol. The number of rotatable bonds is 3. The monoisotopic (exact) mass is 339 g/mol. The van der Waals surface area contributed by atoms with Gasteiger partial charge in [0.15, 0.2) is 11.6 Å². The molecule has 4 rings (SSSR count). The fourth-order valence-electron chi connectivity index (χ4n) is 3.32. The zero-order valence-corrected chi connectivity index (χ0v) is 14.4. The van der Waals surface area contributed by atoms with Gasteiger partial charge in [-0.25, -0.2) is 4.68 Å². The molecule has 7 heteroatoms. The van der Waals surface area contributed by atoms with E-state index in [-0.39, 0.29) is 5.91 Å². The summed E-state index contributed by atoms with van der Waals surface area (Å²) in [6.07, 6.45) is 2.03. The second-order valence-corrected chi connectivity index (χ2v) is 6.45. The molecule has 0 aliphatic carbocycles. The summed E-state index contributed by atoms with van der Waals surface area (Å²) in [6.45, 7) is 3.84. The summed E-state index contributed by atoms with van der Waals surface area (Å²) in [6, 6.07) is 7.63. The summed E-state index contributed by atoms with van der Waals surface area (Å²) in [4.78, 5) is 17.2. The summed E-state index contributed by atoms with van der Waals surface area (Å²) in [5.74, 6) is 1.58. The molecule has 1 saturated heterocycles. The number of piperidine rings is 1. The lowest BCUT2D eigenvalue weighted by atomic mass is 9.98. The Morgan fingerprint density at radius 1 is 1.32 bits per heavy atom. The molecule has 3 aromatic rings. The van der Waals surface area contributed by atoms with Crippen LogP contribution in [0.4, 0.5) is 5.95 Å². The molecule has 1 aliphatic rings. The molecular weight excluding hydrogens is 318 g/mol. The summed E-state index contributed by atoms with van der Waals surface area (Å²) in [5.41, 5.74) is 1.53. The van der Waals surface area contributed by atoms with Gasteiger partial charge in [0.2, 0.25) is 5.95 Å². The van der Waals surface area contributed by atoms with E-state index in [1.807, 2.05) is 31.2 Å². The van der Waals surface area contributed by atoms with E-state index in [1.54, 1.807) is 11.7 Å². The van der Waals surface area contributed by atoms with Crippen molar-refractivity contribution < 1.29 is 9.21 Å². The number of para-hydroxylation sites is 1. The van der Waals surface area contributed by atoms with Crippen molar-refractivity contribution in [3.05, 3.63) is 41.4 Å². The molecule has 0 radical (unpaired) electrons. The maximum absolute atomic E-state index is 12.6. The van der Waals surface area contributed by atoms with Crippen LogP contribution in [-0.4, -0.2) is 33.8 Å². The SMILES string of the molecule is Cc1c(C(=O)Nc2nc(C3CCNCC3)nn2C)oc2ccccc12. The van der Waals surface area contributed by atoms with Gasteiger partial charge in [-0.05, 0) is 38.9 Å². The number of hydrogen-bond donors (Lipinski definition) is 2. The molecule has 2 N–H and O–H groups in total. The topological polar surface area (TPSA) is 85.0 Å². The van der Waals surface area contributed by atoms with Gasteiger partial charge in [-0.2, -0.15) is 10.1 Å². The molecule has 1 aliphatic heterocycles. The van der Waals surface area contributed by atoms with E-state index in [4.69, 9.17) is 4.42 Å². The minimum atomic E-state index is -0.305. The van der Waals surface area contributed by atoms with Crippen LogP contribution in [0, 0.1) is 6.92 Å². The highest BCUT2D eigenvalue weighted by Gasteiger charge is 2.23. The fraction of sp³-hybridized carbons (Fsp3) is 0.389. The van der Waals surface area contributed by atoms with E-state index < -0.39 is 0 Å². The van der Waals surface area contributed by atoms with E-state index in [0.717, 1.165) is 42.7 Å². The van der Waals surface area contributed by atoms with Gasteiger partial charge in [0.25, 0.3) is 5.91 Å². The molecule has 0 bridgehead atoms. The van der Waals surface area contributed by atoms with Crippen molar-refractivity contribution in [3.63, 3.8) is 0 Å². The molecule has 1 aromatic carbocycles. The van der Waals surface area contributed by atoms with Crippen LogP contribution in [-0.2, 0) is 7.05 Å². The van der Waals surface area contributed by atoms with Gasteiger partial charge in [0.05, 0.1) is 0 Å². The number of amides is 1. The number of furan rings is 1. The Morgan fingerprint density at radius 2 is 2.08 bits per heavy atom. The zero-order chi connectivity index (χ0) is 17.4. The van der Waals surface area contributed by atoms with Crippen LogP contribution in [0.5, 0.6) is 0 Å². The highest BCUT2D eigenvalue weighted by atomic mass is 16.3. The molecule has 1 amide bonds. The van der Waals surface area contributed by atoms with Gasteiger partial charge < -0.3 is 9.73 Å². The van der Waals surface area contributed by atoms with Crippen molar-refractivity contribution in [3.8, 4) is 0 Å². The lowest BCUT2D eigenvalue weighted by molar-refractivity contribution is 0.0996. The Bertz CT molecular complexity index is 921. The second kappa shape index (κ2) is 6.33. The molecule has 0 saturated carbocycles. The van der Waals surface area contributed by atoms with Crippen molar-refractivity contribution in [2.45, 2.75) is 25.7 Å². The van der Waals surface area contributed by atoms with E-state index in [2.05, 4.69) is 20.7 Å². The molecule has 25 heavy (non-hydrogen) atoms. The number of carbonyl (C=O) groups excluding carboxylic acids is 1. The predicted molar refractivity (Wildman–Crippen MR) is 94.8 cm³/mol. The Kier molecular flexibility index (Phi) is 4.01. The van der Waals surface area contributed by atoms with Crippen LogP contribution in [0.1, 0.15) is 40.7 Å². The number of hydrogen-bond acceptors (Lipinski definition) is 5. The minimum absolute atomic E-state index is 0.305. The third-order valence-corrected chi connectivity index (χ3v) is 4.76. The van der Waals surface area contributed by atoms with E-state index in [9.17, 15) is 4.79 Å². The molecule has 0 atom stereocenters. The van der Waals surface area contributed by atoms with Gasteiger partial charge in [-0.15, -0.1) is 0 Å².